The third kappa shape index (κ3) is 9.00. The van der Waals surface area contributed by atoms with Gasteiger partial charge >= 0.3 is 0 Å². The fraction of sp³-hybridized carbons (Fsp3) is 0.382. The highest BCUT2D eigenvalue weighted by atomic mass is 32.2. The Morgan fingerprint density at radius 2 is 1.56 bits per heavy atom. The van der Waals surface area contributed by atoms with E-state index in [1.165, 1.54) is 17.9 Å². The maximum absolute atomic E-state index is 14.3. The molecule has 3 aromatic carbocycles. The van der Waals surface area contributed by atoms with Gasteiger partial charge in [-0.3, -0.25) is 18.7 Å². The van der Waals surface area contributed by atoms with Crippen molar-refractivity contribution in [3.05, 3.63) is 101 Å². The Hall–Kier alpha value is -3.98. The highest BCUT2D eigenvalue weighted by Crippen LogP contribution is 2.23. The summed E-state index contributed by atoms with van der Waals surface area (Å²) in [5, 5.41) is 3.20. The molecule has 0 radical (unpaired) electrons. The first-order valence-corrected chi connectivity index (χ1v) is 16.6. The molecule has 1 atom stereocenters. The number of nitrogens with zero attached hydrogens (tertiary/aromatic N) is 2. The first-order chi connectivity index (χ1) is 20.5. The van der Waals surface area contributed by atoms with Crippen molar-refractivity contribution in [2.45, 2.75) is 71.0 Å². The van der Waals surface area contributed by atoms with E-state index in [-0.39, 0.29) is 36.4 Å². The number of anilines is 1. The molecule has 0 saturated heterocycles. The minimum absolute atomic E-state index is 0.0392. The molecule has 2 amide bonds. The highest BCUT2D eigenvalue weighted by molar-refractivity contribution is 7.92. The number of amides is 2. The molecule has 43 heavy (non-hydrogen) atoms. The summed E-state index contributed by atoms with van der Waals surface area (Å²) in [5.41, 5.74) is 3.29. The number of benzene rings is 3. The van der Waals surface area contributed by atoms with E-state index >= 15 is 0 Å². The quantitative estimate of drug-likeness (QED) is 0.292. The molecule has 9 heteroatoms. The Bertz CT molecular complexity index is 1530. The summed E-state index contributed by atoms with van der Waals surface area (Å²) in [7, 11) is -3.92. The normalized spacial score (nSPS) is 14.5. The van der Waals surface area contributed by atoms with Crippen LogP contribution in [0.1, 0.15) is 66.1 Å². The number of sulfonamides is 1. The zero-order chi connectivity index (χ0) is 31.0. The molecule has 0 aromatic heterocycles. The smallest absolute Gasteiger partial charge is 0.244 e. The van der Waals surface area contributed by atoms with Crippen LogP contribution in [0.2, 0.25) is 0 Å². The van der Waals surface area contributed by atoms with Crippen molar-refractivity contribution in [3.63, 3.8) is 0 Å². The molecule has 0 spiro atoms. The molecular formula is C34H41N3O5S. The molecule has 1 fully saturated rings. The minimum Gasteiger partial charge on any atom is -0.352 e. The van der Waals surface area contributed by atoms with Gasteiger partial charge in [-0.05, 0) is 49.9 Å². The molecule has 1 saturated carbocycles. The highest BCUT2D eigenvalue weighted by Gasteiger charge is 2.34. The lowest BCUT2D eigenvalue weighted by molar-refractivity contribution is -0.140. The van der Waals surface area contributed by atoms with Crippen molar-refractivity contribution in [1.82, 2.24) is 10.2 Å². The molecule has 0 aliphatic heterocycles. The van der Waals surface area contributed by atoms with E-state index < -0.39 is 28.5 Å². The minimum atomic E-state index is -3.92. The number of carbonyl (C=O) groups is 3. The second kappa shape index (κ2) is 14.5. The van der Waals surface area contributed by atoms with Gasteiger partial charge in [0.05, 0.1) is 11.9 Å². The van der Waals surface area contributed by atoms with Gasteiger partial charge in [-0.1, -0.05) is 91.6 Å². The lowest BCUT2D eigenvalue weighted by Gasteiger charge is -2.35. The number of Topliss-reactive ketones (excluding diaryl/α,β-unsaturated/α-hetero) is 1. The monoisotopic (exact) mass is 603 g/mol. The van der Waals surface area contributed by atoms with Crippen LogP contribution in [0.3, 0.4) is 0 Å². The Kier molecular flexibility index (Phi) is 10.7. The Balaban J connectivity index is 1.73. The lowest BCUT2D eigenvalue weighted by Crippen LogP contribution is -2.55. The summed E-state index contributed by atoms with van der Waals surface area (Å²) in [6.07, 6.45) is 6.32. The molecule has 0 bridgehead atoms. The van der Waals surface area contributed by atoms with Crippen LogP contribution >= 0.6 is 0 Å². The number of aryl methyl sites for hydroxylation is 1. The molecule has 228 valence electrons. The average molecular weight is 604 g/mol. The van der Waals surface area contributed by atoms with Crippen LogP contribution in [-0.4, -0.2) is 55.8 Å². The molecule has 0 unspecified atom stereocenters. The fourth-order valence-electron chi connectivity index (χ4n) is 5.60. The standard InChI is InChI=1S/C34H41N3O5S/c1-25-12-10-15-28(20-25)23-36(33(39)24-37(43(3,41)42)31-19-11-16-29(22-31)26(2)38)32(21-27-13-6-4-7-14-27)34(40)35-30-17-8-5-9-18-30/h4,6-7,10-16,19-20,22,30,32H,5,8-9,17-18,21,23-24H2,1-3H3,(H,35,40)/t32-/m0/s1. The summed E-state index contributed by atoms with van der Waals surface area (Å²) in [6, 6.07) is 22.6. The van der Waals surface area contributed by atoms with E-state index in [1.54, 1.807) is 18.2 Å². The number of hydrogen-bond acceptors (Lipinski definition) is 5. The first-order valence-electron chi connectivity index (χ1n) is 14.8. The van der Waals surface area contributed by atoms with E-state index in [4.69, 9.17) is 0 Å². The van der Waals surface area contributed by atoms with Crippen LogP contribution in [-0.2, 0) is 32.6 Å². The van der Waals surface area contributed by atoms with Gasteiger partial charge in [-0.2, -0.15) is 0 Å². The van der Waals surface area contributed by atoms with Gasteiger partial charge in [0.25, 0.3) is 0 Å². The number of ketones is 1. The van der Waals surface area contributed by atoms with E-state index in [9.17, 15) is 22.8 Å². The molecule has 1 N–H and O–H groups in total. The summed E-state index contributed by atoms with van der Waals surface area (Å²) in [5.74, 6) is -0.980. The van der Waals surface area contributed by atoms with Crippen molar-refractivity contribution in [3.8, 4) is 0 Å². The van der Waals surface area contributed by atoms with Gasteiger partial charge in [0, 0.05) is 24.6 Å². The van der Waals surface area contributed by atoms with Crippen LogP contribution in [0.4, 0.5) is 5.69 Å². The molecule has 1 aliphatic rings. The van der Waals surface area contributed by atoms with Crippen LogP contribution in [0.15, 0.2) is 78.9 Å². The number of rotatable bonds is 12. The summed E-state index contributed by atoms with van der Waals surface area (Å²) in [6.45, 7) is 2.97. The molecule has 0 heterocycles. The van der Waals surface area contributed by atoms with Crippen LogP contribution in [0, 0.1) is 6.92 Å². The maximum Gasteiger partial charge on any atom is 0.244 e. The zero-order valence-electron chi connectivity index (χ0n) is 25.2. The Morgan fingerprint density at radius 3 is 2.21 bits per heavy atom. The number of hydrogen-bond donors (Lipinski definition) is 1. The predicted octanol–water partition coefficient (Wildman–Crippen LogP) is 5.05. The summed E-state index contributed by atoms with van der Waals surface area (Å²) in [4.78, 5) is 41.9. The Morgan fingerprint density at radius 1 is 0.884 bits per heavy atom. The van der Waals surface area contributed by atoms with Gasteiger partial charge < -0.3 is 10.2 Å². The first kappa shape index (κ1) is 31.9. The zero-order valence-corrected chi connectivity index (χ0v) is 26.0. The van der Waals surface area contributed by atoms with E-state index in [0.717, 1.165) is 59.4 Å². The summed E-state index contributed by atoms with van der Waals surface area (Å²) >= 11 is 0. The van der Waals surface area contributed by atoms with Crippen molar-refractivity contribution in [2.75, 3.05) is 17.1 Å². The van der Waals surface area contributed by atoms with E-state index in [1.807, 2.05) is 61.5 Å². The SMILES string of the molecule is CC(=O)c1cccc(N(CC(=O)N(Cc2cccc(C)c2)[C@@H](Cc2ccccc2)C(=O)NC2CCCCC2)S(C)(=O)=O)c1. The lowest BCUT2D eigenvalue weighted by atomic mass is 9.94. The second-order valence-corrected chi connectivity index (χ2v) is 13.3. The van der Waals surface area contributed by atoms with Crippen molar-refractivity contribution < 1.29 is 22.8 Å². The van der Waals surface area contributed by atoms with Gasteiger partial charge in [-0.15, -0.1) is 0 Å². The van der Waals surface area contributed by atoms with Gasteiger partial charge in [0.1, 0.15) is 12.6 Å². The van der Waals surface area contributed by atoms with E-state index in [0.29, 0.717) is 5.56 Å². The molecule has 4 rings (SSSR count). The van der Waals surface area contributed by atoms with Crippen molar-refractivity contribution in [1.29, 1.82) is 0 Å². The predicted molar refractivity (Wildman–Crippen MR) is 169 cm³/mol. The largest absolute Gasteiger partial charge is 0.352 e. The number of carbonyl (C=O) groups excluding carboxylic acids is 3. The maximum atomic E-state index is 14.3. The van der Waals surface area contributed by atoms with Crippen LogP contribution in [0.5, 0.6) is 0 Å². The van der Waals surface area contributed by atoms with Crippen molar-refractivity contribution >= 4 is 33.3 Å². The van der Waals surface area contributed by atoms with Gasteiger partial charge in [0.15, 0.2) is 5.78 Å². The molecule has 1 aliphatic carbocycles. The second-order valence-electron chi connectivity index (χ2n) is 11.4. The van der Waals surface area contributed by atoms with Crippen molar-refractivity contribution in [2.24, 2.45) is 0 Å². The molecule has 8 nitrogen and oxygen atoms in total. The van der Waals surface area contributed by atoms with Gasteiger partial charge in [0.2, 0.25) is 21.8 Å². The van der Waals surface area contributed by atoms with Crippen LogP contribution in [0.25, 0.3) is 0 Å². The molecular weight excluding hydrogens is 562 g/mol. The molecule has 3 aromatic rings. The average Bonchev–Trinajstić information content (AvgIpc) is 2.98. The number of nitrogens with one attached hydrogen (secondary N) is 1. The van der Waals surface area contributed by atoms with Gasteiger partial charge in [-0.25, -0.2) is 8.42 Å². The summed E-state index contributed by atoms with van der Waals surface area (Å²) < 4.78 is 27.0. The van der Waals surface area contributed by atoms with E-state index in [2.05, 4.69) is 5.32 Å². The third-order valence-electron chi connectivity index (χ3n) is 7.88. The Labute approximate surface area is 255 Å². The third-order valence-corrected chi connectivity index (χ3v) is 9.02. The van der Waals surface area contributed by atoms with Crippen LogP contribution < -0.4 is 9.62 Å². The topological polar surface area (TPSA) is 104 Å². The fourth-order valence-corrected chi connectivity index (χ4v) is 6.44.